The molecule has 0 spiro atoms. The number of ether oxygens (including phenoxy) is 1. The van der Waals surface area contributed by atoms with Crippen LogP contribution in [0.25, 0.3) is 20.2 Å². The number of hydrogen-bond acceptors (Lipinski definition) is 3. The highest BCUT2D eigenvalue weighted by molar-refractivity contribution is 7.26. The molecule has 3 heteroatoms. The highest BCUT2D eigenvalue weighted by Gasteiger charge is 2.10. The second kappa shape index (κ2) is 4.18. The minimum Gasteiger partial charge on any atom is -0.490 e. The summed E-state index contributed by atoms with van der Waals surface area (Å²) in [4.78, 5) is 0. The molecular weight excluding hydrogens is 242 g/mol. The van der Waals surface area contributed by atoms with Crippen molar-refractivity contribution in [1.82, 2.24) is 0 Å². The van der Waals surface area contributed by atoms with Crippen molar-refractivity contribution in [2.75, 3.05) is 5.73 Å². The first kappa shape index (κ1) is 11.4. The van der Waals surface area contributed by atoms with E-state index in [0.717, 1.165) is 11.4 Å². The quantitative estimate of drug-likeness (QED) is 0.689. The van der Waals surface area contributed by atoms with Gasteiger partial charge in [0, 0.05) is 21.2 Å². The van der Waals surface area contributed by atoms with E-state index < -0.39 is 0 Å². The van der Waals surface area contributed by atoms with Gasteiger partial charge in [-0.2, -0.15) is 0 Å². The molecule has 0 radical (unpaired) electrons. The van der Waals surface area contributed by atoms with Gasteiger partial charge < -0.3 is 10.5 Å². The van der Waals surface area contributed by atoms with Gasteiger partial charge in [-0.05, 0) is 38.1 Å². The molecule has 0 fully saturated rings. The van der Waals surface area contributed by atoms with Crippen LogP contribution in [0.15, 0.2) is 36.4 Å². The molecule has 0 amide bonds. The summed E-state index contributed by atoms with van der Waals surface area (Å²) in [5.41, 5.74) is 6.67. The number of benzene rings is 2. The van der Waals surface area contributed by atoms with Crippen LogP contribution in [0.1, 0.15) is 13.8 Å². The van der Waals surface area contributed by atoms with Crippen LogP contribution in [-0.2, 0) is 0 Å². The summed E-state index contributed by atoms with van der Waals surface area (Å²) in [6.07, 6.45) is 0.186. The highest BCUT2D eigenvalue weighted by Crippen LogP contribution is 2.40. The van der Waals surface area contributed by atoms with Gasteiger partial charge in [-0.15, -0.1) is 11.3 Å². The molecule has 2 N–H and O–H groups in total. The largest absolute Gasteiger partial charge is 0.490 e. The highest BCUT2D eigenvalue weighted by atomic mass is 32.1. The molecule has 2 aromatic carbocycles. The lowest BCUT2D eigenvalue weighted by Gasteiger charge is -2.10. The summed E-state index contributed by atoms with van der Waals surface area (Å²) in [5.74, 6) is 0.960. The van der Waals surface area contributed by atoms with E-state index in [0.29, 0.717) is 0 Å². The summed E-state index contributed by atoms with van der Waals surface area (Å²) >= 11 is 1.76. The number of hydrogen-bond donors (Lipinski definition) is 1. The summed E-state index contributed by atoms with van der Waals surface area (Å²) < 4.78 is 8.32. The van der Waals surface area contributed by atoms with E-state index in [1.165, 1.54) is 20.2 Å². The van der Waals surface area contributed by atoms with Crippen LogP contribution in [0.5, 0.6) is 5.75 Å². The standard InChI is InChI=1S/C15H15NOS/c1-9(2)17-13-5-3-4-11-12-8-10(16)6-7-14(12)18-15(11)13/h3-9H,16H2,1-2H3. The molecule has 18 heavy (non-hydrogen) atoms. The molecule has 0 atom stereocenters. The predicted molar refractivity (Wildman–Crippen MR) is 79.5 cm³/mol. The Bertz CT molecular complexity index is 715. The summed E-state index contributed by atoms with van der Waals surface area (Å²) in [7, 11) is 0. The fraction of sp³-hybridized carbons (Fsp3) is 0.200. The zero-order valence-corrected chi connectivity index (χ0v) is 11.3. The molecular formula is C15H15NOS. The van der Waals surface area contributed by atoms with Gasteiger partial charge in [-0.25, -0.2) is 0 Å². The molecule has 0 aliphatic carbocycles. The van der Waals surface area contributed by atoms with Crippen molar-refractivity contribution in [3.63, 3.8) is 0 Å². The van der Waals surface area contributed by atoms with Crippen molar-refractivity contribution in [2.24, 2.45) is 0 Å². The molecule has 0 aliphatic heterocycles. The van der Waals surface area contributed by atoms with Crippen LogP contribution >= 0.6 is 11.3 Å². The zero-order valence-electron chi connectivity index (χ0n) is 10.4. The SMILES string of the molecule is CC(C)Oc1cccc2c1sc1ccc(N)cc12. The van der Waals surface area contributed by atoms with Crippen LogP contribution in [0.4, 0.5) is 5.69 Å². The van der Waals surface area contributed by atoms with Gasteiger partial charge in [0.15, 0.2) is 0 Å². The third kappa shape index (κ3) is 1.81. The number of anilines is 1. The van der Waals surface area contributed by atoms with E-state index in [1.54, 1.807) is 11.3 Å². The van der Waals surface area contributed by atoms with E-state index in [9.17, 15) is 0 Å². The molecule has 2 nitrogen and oxygen atoms in total. The monoisotopic (exact) mass is 257 g/mol. The smallest absolute Gasteiger partial charge is 0.137 e. The minimum atomic E-state index is 0.186. The maximum Gasteiger partial charge on any atom is 0.137 e. The Morgan fingerprint density at radius 3 is 2.72 bits per heavy atom. The summed E-state index contributed by atoms with van der Waals surface area (Å²) in [6, 6.07) is 12.2. The van der Waals surface area contributed by atoms with Crippen LogP contribution in [0.2, 0.25) is 0 Å². The third-order valence-electron chi connectivity index (χ3n) is 2.85. The maximum atomic E-state index is 5.87. The number of thiophene rings is 1. The lowest BCUT2D eigenvalue weighted by atomic mass is 10.1. The Labute approximate surface area is 110 Å². The Balaban J connectivity index is 2.32. The normalized spacial score (nSPS) is 11.5. The first-order chi connectivity index (χ1) is 8.65. The average molecular weight is 257 g/mol. The number of nitrogens with two attached hydrogens (primary N) is 1. The van der Waals surface area contributed by atoms with Crippen molar-refractivity contribution < 1.29 is 4.74 Å². The molecule has 0 saturated heterocycles. The van der Waals surface area contributed by atoms with Crippen molar-refractivity contribution in [3.05, 3.63) is 36.4 Å². The van der Waals surface area contributed by atoms with Gasteiger partial charge in [-0.3, -0.25) is 0 Å². The van der Waals surface area contributed by atoms with Gasteiger partial charge in [0.2, 0.25) is 0 Å². The van der Waals surface area contributed by atoms with Crippen LogP contribution in [0.3, 0.4) is 0 Å². The third-order valence-corrected chi connectivity index (χ3v) is 4.05. The topological polar surface area (TPSA) is 35.2 Å². The molecule has 0 aliphatic rings. The van der Waals surface area contributed by atoms with E-state index >= 15 is 0 Å². The summed E-state index contributed by atoms with van der Waals surface area (Å²) in [6.45, 7) is 4.09. The first-order valence-electron chi connectivity index (χ1n) is 6.02. The van der Waals surface area contributed by atoms with Crippen molar-refractivity contribution in [1.29, 1.82) is 0 Å². The Morgan fingerprint density at radius 2 is 1.94 bits per heavy atom. The minimum absolute atomic E-state index is 0.186. The van der Waals surface area contributed by atoms with Crippen molar-refractivity contribution in [3.8, 4) is 5.75 Å². The van der Waals surface area contributed by atoms with Gasteiger partial charge in [0.1, 0.15) is 5.75 Å². The first-order valence-corrected chi connectivity index (χ1v) is 6.84. The fourth-order valence-electron chi connectivity index (χ4n) is 2.14. The van der Waals surface area contributed by atoms with Gasteiger partial charge in [0.25, 0.3) is 0 Å². The fourth-order valence-corrected chi connectivity index (χ4v) is 3.28. The van der Waals surface area contributed by atoms with Crippen molar-refractivity contribution in [2.45, 2.75) is 20.0 Å². The predicted octanol–water partition coefficient (Wildman–Crippen LogP) is 4.42. The van der Waals surface area contributed by atoms with E-state index in [4.69, 9.17) is 10.5 Å². The Kier molecular flexibility index (Phi) is 2.63. The maximum absolute atomic E-state index is 5.87. The molecule has 3 aromatic rings. The lowest BCUT2D eigenvalue weighted by Crippen LogP contribution is -2.05. The van der Waals surface area contributed by atoms with Gasteiger partial charge >= 0.3 is 0 Å². The van der Waals surface area contributed by atoms with E-state index in [-0.39, 0.29) is 6.10 Å². The van der Waals surface area contributed by atoms with E-state index in [2.05, 4.69) is 12.1 Å². The number of fused-ring (bicyclic) bond motifs is 3. The van der Waals surface area contributed by atoms with Gasteiger partial charge in [0.05, 0.1) is 10.8 Å². The number of rotatable bonds is 2. The molecule has 0 saturated carbocycles. The molecule has 92 valence electrons. The molecule has 0 bridgehead atoms. The molecule has 1 aromatic heterocycles. The Hall–Kier alpha value is -1.74. The van der Waals surface area contributed by atoms with Crippen LogP contribution in [0, 0.1) is 0 Å². The van der Waals surface area contributed by atoms with Crippen LogP contribution in [-0.4, -0.2) is 6.10 Å². The lowest BCUT2D eigenvalue weighted by molar-refractivity contribution is 0.246. The molecule has 0 unspecified atom stereocenters. The Morgan fingerprint density at radius 1 is 1.11 bits per heavy atom. The second-order valence-corrected chi connectivity index (χ2v) is 5.71. The van der Waals surface area contributed by atoms with Crippen molar-refractivity contribution >= 4 is 37.2 Å². The molecule has 3 rings (SSSR count). The summed E-state index contributed by atoms with van der Waals surface area (Å²) in [5, 5.41) is 2.43. The average Bonchev–Trinajstić information content (AvgIpc) is 2.68. The molecule has 1 heterocycles. The van der Waals surface area contributed by atoms with Crippen LogP contribution < -0.4 is 10.5 Å². The van der Waals surface area contributed by atoms with E-state index in [1.807, 2.05) is 38.1 Å². The van der Waals surface area contributed by atoms with Gasteiger partial charge in [-0.1, -0.05) is 12.1 Å². The zero-order chi connectivity index (χ0) is 12.7. The number of nitrogen functional groups attached to an aromatic ring is 1. The second-order valence-electron chi connectivity index (χ2n) is 4.66.